The number of thiophene rings is 1. The van der Waals surface area contributed by atoms with Crippen molar-refractivity contribution >= 4 is 29.0 Å². The Bertz CT molecular complexity index is 645. The Kier molecular flexibility index (Phi) is 4.14. The Balaban J connectivity index is 2.20. The second-order valence-electron chi connectivity index (χ2n) is 4.46. The molecule has 0 atom stereocenters. The van der Waals surface area contributed by atoms with E-state index in [0.717, 1.165) is 4.88 Å². The fraction of sp³-hybridized carbons (Fsp3) is 0.214. The highest BCUT2D eigenvalue weighted by Crippen LogP contribution is 2.27. The lowest BCUT2D eigenvalue weighted by molar-refractivity contribution is -0.384. The van der Waals surface area contributed by atoms with Gasteiger partial charge < -0.3 is 5.32 Å². The van der Waals surface area contributed by atoms with Gasteiger partial charge in [-0.3, -0.25) is 14.9 Å². The van der Waals surface area contributed by atoms with Gasteiger partial charge in [-0.15, -0.1) is 11.3 Å². The van der Waals surface area contributed by atoms with Gasteiger partial charge in [0.2, 0.25) is 0 Å². The van der Waals surface area contributed by atoms with E-state index in [0.29, 0.717) is 24.1 Å². The van der Waals surface area contributed by atoms with E-state index in [4.69, 9.17) is 0 Å². The van der Waals surface area contributed by atoms with Gasteiger partial charge in [0.25, 0.3) is 5.69 Å². The lowest BCUT2D eigenvalue weighted by Crippen LogP contribution is -2.02. The topological polar surface area (TPSA) is 72.2 Å². The maximum Gasteiger partial charge on any atom is 0.293 e. The predicted molar refractivity (Wildman–Crippen MR) is 79.6 cm³/mol. The summed E-state index contributed by atoms with van der Waals surface area (Å²) in [5.41, 5.74) is 1.85. The molecular formula is C14H14N2O3S. The van der Waals surface area contributed by atoms with E-state index < -0.39 is 4.92 Å². The first-order chi connectivity index (χ1) is 9.51. The molecule has 0 spiro atoms. The second kappa shape index (κ2) is 5.83. The summed E-state index contributed by atoms with van der Waals surface area (Å²) >= 11 is 1.67. The molecule has 1 aromatic carbocycles. The van der Waals surface area contributed by atoms with E-state index in [-0.39, 0.29) is 5.69 Å². The Morgan fingerprint density at radius 2 is 2.10 bits per heavy atom. The summed E-state index contributed by atoms with van der Waals surface area (Å²) in [6, 6.07) is 6.47. The van der Waals surface area contributed by atoms with Gasteiger partial charge in [-0.05, 0) is 37.6 Å². The van der Waals surface area contributed by atoms with E-state index in [2.05, 4.69) is 11.4 Å². The number of nitro groups is 1. The molecule has 104 valence electrons. The van der Waals surface area contributed by atoms with Gasteiger partial charge in [0, 0.05) is 27.9 Å². The number of aryl methyl sites for hydroxylation is 2. The number of nitrogens with one attached hydrogen (secondary N) is 1. The van der Waals surface area contributed by atoms with Crippen LogP contribution in [-0.2, 0) is 6.54 Å². The van der Waals surface area contributed by atoms with Crippen LogP contribution in [0.2, 0.25) is 0 Å². The van der Waals surface area contributed by atoms with Gasteiger partial charge in [0.15, 0.2) is 0 Å². The van der Waals surface area contributed by atoms with Crippen LogP contribution >= 0.6 is 11.3 Å². The summed E-state index contributed by atoms with van der Waals surface area (Å²) in [6.07, 6.45) is 0.600. The summed E-state index contributed by atoms with van der Waals surface area (Å²) in [5.74, 6) is 0. The van der Waals surface area contributed by atoms with Crippen LogP contribution in [0.5, 0.6) is 0 Å². The van der Waals surface area contributed by atoms with Crippen LogP contribution < -0.4 is 5.32 Å². The molecule has 0 bridgehead atoms. The fourth-order valence-electron chi connectivity index (χ4n) is 1.84. The molecule has 2 aromatic rings. The molecule has 0 saturated carbocycles. The molecule has 0 unspecified atom stereocenters. The molecule has 5 nitrogen and oxygen atoms in total. The van der Waals surface area contributed by atoms with Crippen LogP contribution in [0.25, 0.3) is 0 Å². The van der Waals surface area contributed by atoms with Gasteiger partial charge in [-0.25, -0.2) is 0 Å². The molecular weight excluding hydrogens is 276 g/mol. The van der Waals surface area contributed by atoms with Crippen LogP contribution in [0.3, 0.4) is 0 Å². The van der Waals surface area contributed by atoms with Crippen molar-refractivity contribution in [2.75, 3.05) is 5.32 Å². The average Bonchev–Trinajstić information content (AvgIpc) is 2.75. The third kappa shape index (κ3) is 3.03. The summed E-state index contributed by atoms with van der Waals surface area (Å²) < 4.78 is 0. The first-order valence-corrected chi connectivity index (χ1v) is 6.86. The molecule has 2 rings (SSSR count). The number of rotatable bonds is 5. The normalized spacial score (nSPS) is 10.3. The Morgan fingerprint density at radius 1 is 1.35 bits per heavy atom. The van der Waals surface area contributed by atoms with Gasteiger partial charge >= 0.3 is 0 Å². The average molecular weight is 290 g/mol. The third-order valence-electron chi connectivity index (χ3n) is 3.02. The number of anilines is 1. The van der Waals surface area contributed by atoms with E-state index in [1.54, 1.807) is 23.5 Å². The summed E-state index contributed by atoms with van der Waals surface area (Å²) in [4.78, 5) is 23.6. The molecule has 0 radical (unpaired) electrons. The molecule has 6 heteroatoms. The Hall–Kier alpha value is -2.21. The quantitative estimate of drug-likeness (QED) is 0.517. The number of aldehydes is 1. The highest BCUT2D eigenvalue weighted by molar-refractivity contribution is 7.12. The molecule has 0 aliphatic carbocycles. The Morgan fingerprint density at radius 3 is 2.65 bits per heavy atom. The second-order valence-corrected chi connectivity index (χ2v) is 5.80. The van der Waals surface area contributed by atoms with E-state index in [1.165, 1.54) is 16.5 Å². The molecule has 1 N–H and O–H groups in total. The molecule has 20 heavy (non-hydrogen) atoms. The molecule has 1 heterocycles. The van der Waals surface area contributed by atoms with Crippen molar-refractivity contribution in [1.82, 2.24) is 0 Å². The number of benzene rings is 1. The number of hydrogen-bond donors (Lipinski definition) is 1. The van der Waals surface area contributed by atoms with Crippen molar-refractivity contribution in [3.05, 3.63) is 55.3 Å². The minimum Gasteiger partial charge on any atom is -0.375 e. The van der Waals surface area contributed by atoms with Crippen LogP contribution in [0.1, 0.15) is 25.7 Å². The summed E-state index contributed by atoms with van der Waals surface area (Å²) in [6.45, 7) is 4.61. The summed E-state index contributed by atoms with van der Waals surface area (Å²) in [7, 11) is 0. The number of carbonyl (C=O) groups excluding carboxylic acids is 1. The first-order valence-electron chi connectivity index (χ1n) is 6.04. The number of nitrogens with zero attached hydrogens (tertiary/aromatic N) is 1. The van der Waals surface area contributed by atoms with Gasteiger partial charge in [-0.1, -0.05) is 0 Å². The third-order valence-corrected chi connectivity index (χ3v) is 4.18. The lowest BCUT2D eigenvalue weighted by Gasteiger charge is -2.06. The summed E-state index contributed by atoms with van der Waals surface area (Å²) in [5, 5.41) is 14.1. The number of nitro benzene ring substituents is 1. The van der Waals surface area contributed by atoms with Crippen LogP contribution in [0.15, 0.2) is 24.3 Å². The van der Waals surface area contributed by atoms with E-state index in [9.17, 15) is 14.9 Å². The monoisotopic (exact) mass is 290 g/mol. The van der Waals surface area contributed by atoms with Crippen molar-refractivity contribution in [3.8, 4) is 0 Å². The molecule has 0 saturated heterocycles. The van der Waals surface area contributed by atoms with Crippen LogP contribution in [0.4, 0.5) is 11.4 Å². The highest BCUT2D eigenvalue weighted by Gasteiger charge is 2.14. The maximum atomic E-state index is 11.0. The van der Waals surface area contributed by atoms with Gasteiger partial charge in [0.1, 0.15) is 12.0 Å². The van der Waals surface area contributed by atoms with Crippen molar-refractivity contribution in [3.63, 3.8) is 0 Å². The highest BCUT2D eigenvalue weighted by atomic mass is 32.1. The minimum absolute atomic E-state index is 0.0837. The predicted octanol–water partition coefficient (Wildman–Crippen LogP) is 3.70. The molecule has 1 aromatic heterocycles. The van der Waals surface area contributed by atoms with Crippen molar-refractivity contribution in [1.29, 1.82) is 0 Å². The number of carbonyl (C=O) groups is 1. The molecule has 0 amide bonds. The smallest absolute Gasteiger partial charge is 0.293 e. The van der Waals surface area contributed by atoms with Crippen molar-refractivity contribution in [2.45, 2.75) is 20.4 Å². The van der Waals surface area contributed by atoms with Gasteiger partial charge in [0.05, 0.1) is 4.92 Å². The minimum atomic E-state index is -0.486. The molecule has 0 aliphatic rings. The SMILES string of the molecule is Cc1cc(CNc2ccc(C=O)cc2[N+](=O)[O-])sc1C. The van der Waals surface area contributed by atoms with Crippen LogP contribution in [-0.4, -0.2) is 11.2 Å². The number of hydrogen-bond acceptors (Lipinski definition) is 5. The Labute approximate surface area is 120 Å². The zero-order valence-corrected chi connectivity index (χ0v) is 12.0. The first kappa shape index (κ1) is 14.2. The van der Waals surface area contributed by atoms with Crippen LogP contribution in [0, 0.1) is 24.0 Å². The maximum absolute atomic E-state index is 11.0. The van der Waals surface area contributed by atoms with E-state index in [1.807, 2.05) is 13.8 Å². The fourth-order valence-corrected chi connectivity index (χ4v) is 2.83. The molecule has 0 aliphatic heterocycles. The lowest BCUT2D eigenvalue weighted by atomic mass is 10.2. The van der Waals surface area contributed by atoms with Gasteiger partial charge in [-0.2, -0.15) is 0 Å². The largest absolute Gasteiger partial charge is 0.375 e. The standard InChI is InChI=1S/C14H14N2O3S/c1-9-5-12(20-10(9)2)7-15-13-4-3-11(8-17)6-14(13)16(18)19/h3-6,8,15H,7H2,1-2H3. The van der Waals surface area contributed by atoms with Crippen molar-refractivity contribution in [2.24, 2.45) is 0 Å². The van der Waals surface area contributed by atoms with E-state index >= 15 is 0 Å². The zero-order chi connectivity index (χ0) is 14.7. The van der Waals surface area contributed by atoms with Crippen molar-refractivity contribution < 1.29 is 9.72 Å². The molecule has 0 fully saturated rings. The zero-order valence-electron chi connectivity index (χ0n) is 11.2.